The molecule has 12 amide bonds. The SMILES string of the molecule is CCNC(=O)[C@H](CCCCNC)NC(=O)[C@H](C)NC(=O)[C@H](Cc1ccccc1)NC(=O)[C@H](CC(C)C)NC(=O)[C@H](CC(C)=O)NC(=O)[C@@H](NC(=O)[C@H](CC(=O)NC(c1ccccc1)(c1ccccc1)c1ccccc1)NC(=O)[C@H](CCCNC(=N)NC)NC(=O)[C@H](C)NC(=O)[C@H](C)NC(=O)OCC1c2ccccc2-c2ccccc21)C(C)CC. The second kappa shape index (κ2) is 47.2. The van der Waals surface area contributed by atoms with Gasteiger partial charge in [0.2, 0.25) is 65.0 Å². The van der Waals surface area contributed by atoms with E-state index in [1.807, 2.05) is 110 Å². The van der Waals surface area contributed by atoms with Gasteiger partial charge in [0.15, 0.2) is 5.96 Å². The molecule has 0 saturated heterocycles. The zero-order chi connectivity index (χ0) is 86.7. The maximum absolute atomic E-state index is 15.6. The van der Waals surface area contributed by atoms with E-state index in [1.54, 1.807) is 101 Å². The van der Waals surface area contributed by atoms with E-state index in [0.717, 1.165) is 28.7 Å². The van der Waals surface area contributed by atoms with Crippen LogP contribution in [-0.4, -0.2) is 184 Å². The molecule has 6 aromatic carbocycles. The van der Waals surface area contributed by atoms with E-state index in [4.69, 9.17) is 10.1 Å². The summed E-state index contributed by atoms with van der Waals surface area (Å²) >= 11 is 0. The number of benzene rings is 6. The van der Waals surface area contributed by atoms with Crippen LogP contribution in [0.15, 0.2) is 170 Å². The summed E-state index contributed by atoms with van der Waals surface area (Å²) in [5, 5.41) is 49.5. The number of ether oxygens (including phenoxy) is 1. The number of likely N-dealkylation sites (N-methyl/N-ethyl adjacent to an activating group) is 1. The average Bonchev–Trinajstić information content (AvgIpc) is 1.71. The summed E-state index contributed by atoms with van der Waals surface area (Å²) in [4.78, 5) is 187. The van der Waals surface area contributed by atoms with Crippen molar-refractivity contribution in [3.05, 3.63) is 203 Å². The third kappa shape index (κ3) is 27.9. The number of guanidine groups is 1. The number of rotatable bonds is 46. The topological polar surface area (TPSA) is 435 Å². The predicted octanol–water partition coefficient (Wildman–Crippen LogP) is 5.18. The van der Waals surface area contributed by atoms with Gasteiger partial charge in [0, 0.05) is 38.9 Å². The van der Waals surface area contributed by atoms with Gasteiger partial charge in [-0.3, -0.25) is 62.9 Å². The molecule has 0 heterocycles. The predicted molar refractivity (Wildman–Crippen MR) is 453 cm³/mol. The monoisotopic (exact) mass is 1630 g/mol. The Morgan fingerprint density at radius 2 is 0.857 bits per heavy atom. The molecule has 638 valence electrons. The van der Waals surface area contributed by atoms with Gasteiger partial charge in [-0.15, -0.1) is 0 Å². The number of hydrogen-bond donors (Lipinski definition) is 16. The summed E-state index contributed by atoms with van der Waals surface area (Å²) in [5.41, 5.74) is 4.99. The first-order valence-electron chi connectivity index (χ1n) is 40.8. The first-order valence-corrected chi connectivity index (χ1v) is 40.8. The molecule has 0 aromatic heterocycles. The standard InChI is InChI=1S/C89H118N16O14/c1-12-55(5)76(86(117)103-72(50-56(6)106)84(115)100-71(49-54(3)4)83(114)101-73(51-60-33-18-14-19-34-60)82(113)96-58(8)79(110)98-69(80(111)93-13-2)45-30-31-47-91-10)104-85(116)74(52-75(107)105-89(61-35-20-15-21-36-61,62-37-22-16-23-38-62)63-39-24-17-25-40-63)102-81(112)70(46-32-48-94-87(90)92-11)99-78(109)57(7)95-77(108)59(9)97-88(118)119-53-68-66-43-28-26-41-64(66)65-42-27-29-44-67(65)68/h14-29,33-44,54-55,57-59,68-74,76,91H,12-13,30-32,45-53H2,1-11H3,(H,93,111)(H,95,108)(H,96,113)(H,97,118)(H,98,110)(H,99,109)(H,100,115)(H,101,114)(H,102,112)(H,103,117)(H,104,116)(H,105,107)(H3,90,92,94)/t55?,57-,58-,59-,69-,70-,71-,72-,73-,74-,76-/m0/s1. The fraction of sp³-hybridized carbons (Fsp3) is 0.438. The van der Waals surface area contributed by atoms with Crippen molar-refractivity contribution in [2.75, 3.05) is 40.3 Å². The Bertz CT molecular complexity index is 4280. The maximum Gasteiger partial charge on any atom is 0.407 e. The van der Waals surface area contributed by atoms with Gasteiger partial charge in [-0.05, 0) is 143 Å². The van der Waals surface area contributed by atoms with E-state index >= 15 is 19.2 Å². The van der Waals surface area contributed by atoms with Crippen LogP contribution in [0.25, 0.3) is 11.1 Å². The van der Waals surface area contributed by atoms with Crippen molar-refractivity contribution < 1.29 is 67.1 Å². The number of carbonyl (C=O) groups excluding carboxylic acids is 13. The highest BCUT2D eigenvalue weighted by atomic mass is 16.5. The van der Waals surface area contributed by atoms with Gasteiger partial charge in [0.25, 0.3) is 0 Å². The Kier molecular flexibility index (Phi) is 37.2. The maximum atomic E-state index is 15.6. The lowest BCUT2D eigenvalue weighted by atomic mass is 9.77. The number of alkyl carbamates (subject to hydrolysis) is 1. The fourth-order valence-corrected chi connectivity index (χ4v) is 14.1. The Balaban J connectivity index is 1.15. The quantitative estimate of drug-likeness (QED) is 0.0101. The van der Waals surface area contributed by atoms with Crippen LogP contribution in [-0.2, 0) is 74.2 Å². The van der Waals surface area contributed by atoms with Crippen LogP contribution < -0.4 is 79.8 Å². The number of Topliss-reactive ketones (excluding diaryl/α,β-unsaturated/α-hetero) is 1. The zero-order valence-electron chi connectivity index (χ0n) is 69.8. The first-order chi connectivity index (χ1) is 57.0. The van der Waals surface area contributed by atoms with Crippen molar-refractivity contribution in [2.24, 2.45) is 11.8 Å². The minimum Gasteiger partial charge on any atom is -0.449 e. The normalized spacial score (nSPS) is 14.3. The lowest BCUT2D eigenvalue weighted by molar-refractivity contribution is -0.137. The molecule has 0 bridgehead atoms. The number of hydrogen-bond acceptors (Lipinski definition) is 16. The van der Waals surface area contributed by atoms with Crippen LogP contribution in [0, 0.1) is 17.2 Å². The average molecular weight is 1640 g/mol. The summed E-state index contributed by atoms with van der Waals surface area (Å²) in [6, 6.07) is 37.4. The lowest BCUT2D eigenvalue weighted by Crippen LogP contribution is -2.62. The molecule has 0 spiro atoms. The number of amides is 12. The largest absolute Gasteiger partial charge is 0.449 e. The molecular formula is C89H118N16O14. The summed E-state index contributed by atoms with van der Waals surface area (Å²) in [6.07, 6.45) is -0.603. The molecule has 30 nitrogen and oxygen atoms in total. The molecule has 7 rings (SSSR count). The molecule has 1 aliphatic carbocycles. The Morgan fingerprint density at radius 3 is 1.38 bits per heavy atom. The summed E-state index contributed by atoms with van der Waals surface area (Å²) in [6.45, 7) is 15.1. The molecule has 0 radical (unpaired) electrons. The molecule has 16 N–H and O–H groups in total. The number of fused-ring (bicyclic) bond motifs is 3. The van der Waals surface area contributed by atoms with Crippen LogP contribution in [0.3, 0.4) is 0 Å². The van der Waals surface area contributed by atoms with Gasteiger partial charge in [0.1, 0.15) is 78.3 Å². The van der Waals surface area contributed by atoms with E-state index in [0.29, 0.717) is 48.2 Å². The van der Waals surface area contributed by atoms with Crippen LogP contribution in [0.2, 0.25) is 0 Å². The van der Waals surface area contributed by atoms with E-state index in [1.165, 1.54) is 34.7 Å². The second-order valence-electron chi connectivity index (χ2n) is 30.4. The third-order valence-electron chi connectivity index (χ3n) is 20.7. The lowest BCUT2D eigenvalue weighted by Gasteiger charge is -2.37. The van der Waals surface area contributed by atoms with E-state index in [2.05, 4.69) is 79.8 Å². The highest BCUT2D eigenvalue weighted by Crippen LogP contribution is 2.45. The van der Waals surface area contributed by atoms with E-state index in [-0.39, 0.29) is 69.0 Å². The van der Waals surface area contributed by atoms with Crippen LogP contribution in [0.5, 0.6) is 0 Å². The molecule has 6 aromatic rings. The number of carbonyl (C=O) groups is 13. The highest BCUT2D eigenvalue weighted by molar-refractivity contribution is 6.01. The van der Waals surface area contributed by atoms with Gasteiger partial charge in [-0.1, -0.05) is 204 Å². The van der Waals surface area contributed by atoms with Crippen LogP contribution in [0.1, 0.15) is 159 Å². The smallest absolute Gasteiger partial charge is 0.407 e. The van der Waals surface area contributed by atoms with Crippen molar-refractivity contribution in [3.8, 4) is 11.1 Å². The number of ketones is 1. The van der Waals surface area contributed by atoms with Crippen molar-refractivity contribution in [1.29, 1.82) is 5.41 Å². The molecule has 119 heavy (non-hydrogen) atoms. The van der Waals surface area contributed by atoms with E-state index in [9.17, 15) is 43.2 Å². The molecule has 0 aliphatic heterocycles. The summed E-state index contributed by atoms with van der Waals surface area (Å²) in [5.74, 6) is -11.1. The van der Waals surface area contributed by atoms with Gasteiger partial charge in [-0.2, -0.15) is 0 Å². The molecule has 30 heteroatoms. The molecule has 0 saturated carbocycles. The van der Waals surface area contributed by atoms with Crippen molar-refractivity contribution >= 4 is 82.8 Å². The number of unbranched alkanes of at least 4 members (excludes halogenated alkanes) is 1. The molecular weight excluding hydrogens is 1520 g/mol. The third-order valence-corrected chi connectivity index (χ3v) is 20.7. The summed E-state index contributed by atoms with van der Waals surface area (Å²) in [7, 11) is 3.33. The van der Waals surface area contributed by atoms with Gasteiger partial charge >= 0.3 is 6.09 Å². The molecule has 1 unspecified atom stereocenters. The van der Waals surface area contributed by atoms with Crippen LogP contribution >= 0.6 is 0 Å². The number of nitrogens with one attached hydrogen (secondary N) is 16. The Morgan fingerprint density at radius 1 is 0.429 bits per heavy atom. The Labute approximate surface area is 696 Å². The fourth-order valence-electron chi connectivity index (χ4n) is 14.1. The van der Waals surface area contributed by atoms with Gasteiger partial charge in [-0.25, -0.2) is 4.79 Å². The summed E-state index contributed by atoms with van der Waals surface area (Å²) < 4.78 is 5.68. The second-order valence-corrected chi connectivity index (χ2v) is 30.4. The van der Waals surface area contributed by atoms with Gasteiger partial charge < -0.3 is 84.5 Å². The minimum atomic E-state index is -1.88. The molecule has 1 aliphatic rings. The van der Waals surface area contributed by atoms with Crippen molar-refractivity contribution in [3.63, 3.8) is 0 Å². The first kappa shape index (κ1) is 93.8. The van der Waals surface area contributed by atoms with Gasteiger partial charge in [0.05, 0.1) is 6.42 Å². The Hall–Kier alpha value is -12.3. The van der Waals surface area contributed by atoms with Crippen molar-refractivity contribution in [2.45, 2.75) is 198 Å². The molecule has 0 fully saturated rings. The zero-order valence-corrected chi connectivity index (χ0v) is 69.8. The van der Waals surface area contributed by atoms with E-state index < -0.39 is 156 Å². The molecule has 11 atom stereocenters. The minimum absolute atomic E-state index is 0.0235. The van der Waals surface area contributed by atoms with Crippen LogP contribution in [0.4, 0.5) is 4.79 Å². The highest BCUT2D eigenvalue weighted by Gasteiger charge is 2.42. The van der Waals surface area contributed by atoms with Crippen molar-refractivity contribution in [1.82, 2.24) is 79.8 Å².